The molecule has 0 bridgehead atoms. The summed E-state index contributed by atoms with van der Waals surface area (Å²) >= 11 is 12.3. The average molecular weight is 517 g/mol. The van der Waals surface area contributed by atoms with Crippen molar-refractivity contribution in [3.05, 3.63) is 27.2 Å². The molecular weight excluding hydrogens is 504 g/mol. The highest BCUT2D eigenvalue weighted by Crippen LogP contribution is 2.44. The van der Waals surface area contributed by atoms with Crippen LogP contribution >= 0.6 is 23.2 Å². The van der Waals surface area contributed by atoms with E-state index in [4.69, 9.17) is 27.9 Å². The van der Waals surface area contributed by atoms with E-state index in [0.29, 0.717) is 0 Å². The van der Waals surface area contributed by atoms with Gasteiger partial charge in [-0.25, -0.2) is 4.98 Å². The topological polar surface area (TPSA) is 112 Å². The van der Waals surface area contributed by atoms with E-state index in [1.807, 2.05) is 0 Å². The molecule has 0 unspecified atom stereocenters. The monoisotopic (exact) mass is 516 g/mol. The maximum Gasteiger partial charge on any atom is 0.534 e. The number of hydrogen-bond donors (Lipinski definition) is 0. The third-order valence-corrected chi connectivity index (χ3v) is 6.23. The number of hydrogen-bond acceptors (Lipinski definition) is 8. The lowest BCUT2D eigenvalue weighted by atomic mass is 10.1. The minimum atomic E-state index is -6.07. The first-order valence-electron chi connectivity index (χ1n) is 8.56. The summed E-state index contributed by atoms with van der Waals surface area (Å²) in [4.78, 5) is 28.3. The Bertz CT molecular complexity index is 1240. The quantitative estimate of drug-likeness (QED) is 0.338. The average Bonchev–Trinajstić information content (AvgIpc) is 3.14. The summed E-state index contributed by atoms with van der Waals surface area (Å²) in [6.07, 6.45) is 0. The molecule has 15 heteroatoms. The fraction of sp³-hybridized carbons (Fsp3) is 0.353. The number of benzene rings is 1. The second-order valence-electron chi connectivity index (χ2n) is 6.49. The highest BCUT2D eigenvalue weighted by Gasteiger charge is 2.49. The molecule has 0 saturated carbocycles. The number of amides is 1. The first-order valence-corrected chi connectivity index (χ1v) is 10.7. The molecular formula is C17H13Cl2F3N2O7S. The van der Waals surface area contributed by atoms with Crippen LogP contribution in [0.5, 0.6) is 11.6 Å². The van der Waals surface area contributed by atoms with E-state index < -0.39 is 40.0 Å². The summed E-state index contributed by atoms with van der Waals surface area (Å²) in [5.41, 5.74) is -5.75. The molecule has 2 aromatic rings. The molecule has 0 spiro atoms. The van der Waals surface area contributed by atoms with Gasteiger partial charge in [0.1, 0.15) is 10.8 Å². The molecule has 1 aromatic heterocycles. The highest BCUT2D eigenvalue weighted by molar-refractivity contribution is 7.87. The molecule has 32 heavy (non-hydrogen) atoms. The molecule has 1 aliphatic heterocycles. The number of fused-ring (bicyclic) bond motifs is 3. The van der Waals surface area contributed by atoms with Gasteiger partial charge in [0.05, 0.1) is 24.2 Å². The lowest BCUT2D eigenvalue weighted by molar-refractivity contribution is -0.150. The Labute approximate surface area is 189 Å². The van der Waals surface area contributed by atoms with Crippen LogP contribution < -0.4 is 8.92 Å². The second-order valence-corrected chi connectivity index (χ2v) is 8.78. The Hall–Kier alpha value is -2.51. The van der Waals surface area contributed by atoms with Crippen LogP contribution in [0, 0.1) is 0 Å². The summed E-state index contributed by atoms with van der Waals surface area (Å²) in [5.74, 6) is -2.18. The van der Waals surface area contributed by atoms with Gasteiger partial charge in [-0.05, 0) is 11.6 Å². The summed E-state index contributed by atoms with van der Waals surface area (Å²) < 4.78 is 75.9. The summed E-state index contributed by atoms with van der Waals surface area (Å²) in [5, 5.41) is -0.0758. The number of carbonyl (C=O) groups is 2. The molecule has 174 valence electrons. The summed E-state index contributed by atoms with van der Waals surface area (Å²) in [7, 11) is -4.77. The van der Waals surface area contributed by atoms with Gasteiger partial charge in [-0.3, -0.25) is 9.59 Å². The van der Waals surface area contributed by atoms with E-state index in [1.165, 1.54) is 13.2 Å². The zero-order chi connectivity index (χ0) is 24.0. The molecule has 0 fully saturated rings. The number of esters is 1. The molecule has 1 aliphatic rings. The molecule has 1 aromatic carbocycles. The predicted octanol–water partition coefficient (Wildman–Crippen LogP) is 3.18. The Kier molecular flexibility index (Phi) is 6.37. The van der Waals surface area contributed by atoms with Gasteiger partial charge in [0.15, 0.2) is 6.61 Å². The minimum absolute atomic E-state index is 0.0954. The smallest absolute Gasteiger partial charge is 0.495 e. The molecule has 0 atom stereocenters. The largest absolute Gasteiger partial charge is 0.534 e. The minimum Gasteiger partial charge on any atom is -0.495 e. The van der Waals surface area contributed by atoms with Gasteiger partial charge >= 0.3 is 21.6 Å². The number of aromatic nitrogens is 1. The summed E-state index contributed by atoms with van der Waals surface area (Å²) in [6, 6.07) is 1.40. The van der Waals surface area contributed by atoms with Crippen molar-refractivity contribution < 1.29 is 44.8 Å². The van der Waals surface area contributed by atoms with Crippen molar-refractivity contribution >= 4 is 56.1 Å². The van der Waals surface area contributed by atoms with Crippen molar-refractivity contribution in [3.63, 3.8) is 0 Å². The first kappa shape index (κ1) is 24.1. The summed E-state index contributed by atoms with van der Waals surface area (Å²) in [6.45, 7) is -0.0708. The lowest BCUT2D eigenvalue weighted by Gasteiger charge is -2.15. The molecule has 9 nitrogen and oxygen atoms in total. The fourth-order valence-corrected chi connectivity index (χ4v) is 3.87. The van der Waals surface area contributed by atoms with Crippen LogP contribution in [0.1, 0.15) is 18.1 Å². The van der Waals surface area contributed by atoms with Crippen LogP contribution in [0.2, 0.25) is 10.0 Å². The van der Waals surface area contributed by atoms with E-state index in [0.717, 1.165) is 11.8 Å². The highest BCUT2D eigenvalue weighted by atomic mass is 35.5. The molecule has 0 aliphatic carbocycles. The third-order valence-electron chi connectivity index (χ3n) is 4.45. The predicted molar refractivity (Wildman–Crippen MR) is 105 cm³/mol. The molecule has 3 rings (SSSR count). The van der Waals surface area contributed by atoms with E-state index in [-0.39, 0.29) is 50.9 Å². The van der Waals surface area contributed by atoms with Gasteiger partial charge in [0.25, 0.3) is 5.91 Å². The number of alkyl halides is 3. The molecule has 0 radical (unpaired) electrons. The van der Waals surface area contributed by atoms with Crippen molar-refractivity contribution in [2.75, 3.05) is 13.7 Å². The molecule has 0 N–H and O–H groups in total. The Morgan fingerprint density at radius 1 is 1.19 bits per heavy atom. The maximum atomic E-state index is 12.9. The number of nitrogens with zero attached hydrogens (tertiary/aromatic N) is 2. The van der Waals surface area contributed by atoms with E-state index in [1.54, 1.807) is 0 Å². The Morgan fingerprint density at radius 2 is 1.81 bits per heavy atom. The number of ether oxygens (including phenoxy) is 2. The zero-order valence-corrected chi connectivity index (χ0v) is 18.6. The zero-order valence-electron chi connectivity index (χ0n) is 16.2. The second kappa shape index (κ2) is 8.45. The third kappa shape index (κ3) is 4.36. The van der Waals surface area contributed by atoms with Crippen LogP contribution in [-0.2, 0) is 37.5 Å². The van der Waals surface area contributed by atoms with Gasteiger partial charge in [0.2, 0.25) is 5.88 Å². The van der Waals surface area contributed by atoms with Crippen LogP contribution in [-0.4, -0.2) is 49.4 Å². The van der Waals surface area contributed by atoms with Crippen LogP contribution in [0.25, 0.3) is 10.9 Å². The van der Waals surface area contributed by atoms with Crippen LogP contribution in [0.3, 0.4) is 0 Å². The normalized spacial score (nSPS) is 13.8. The number of halogens is 5. The van der Waals surface area contributed by atoms with Gasteiger partial charge in [-0.1, -0.05) is 23.2 Å². The first-order chi connectivity index (χ1) is 14.8. The van der Waals surface area contributed by atoms with Gasteiger partial charge in [-0.15, -0.1) is 0 Å². The standard InChI is InChI=1S/C17H13Cl2F3N2O7S/c1-7(25)30-6-12(26)24-4-9-8-3-11(29-2)13(18)14(19)15(8)23-16(10(9)5-24)31-32(27,28)17(20,21)22/h3H,4-6H2,1-2H3. The Morgan fingerprint density at radius 3 is 2.38 bits per heavy atom. The van der Waals surface area contributed by atoms with E-state index >= 15 is 0 Å². The number of pyridine rings is 1. The maximum absolute atomic E-state index is 12.9. The Balaban J connectivity index is 2.18. The van der Waals surface area contributed by atoms with E-state index in [9.17, 15) is 31.2 Å². The van der Waals surface area contributed by atoms with Gasteiger partial charge in [0, 0.05) is 24.4 Å². The van der Waals surface area contributed by atoms with Crippen LogP contribution in [0.15, 0.2) is 6.07 Å². The van der Waals surface area contributed by atoms with E-state index in [2.05, 4.69) is 13.9 Å². The number of carbonyl (C=O) groups excluding carboxylic acids is 2. The van der Waals surface area contributed by atoms with Crippen molar-refractivity contribution in [1.29, 1.82) is 0 Å². The van der Waals surface area contributed by atoms with Crippen LogP contribution in [0.4, 0.5) is 13.2 Å². The van der Waals surface area contributed by atoms with Crippen molar-refractivity contribution in [3.8, 4) is 11.6 Å². The van der Waals surface area contributed by atoms with Crippen molar-refractivity contribution in [1.82, 2.24) is 9.88 Å². The van der Waals surface area contributed by atoms with Crippen molar-refractivity contribution in [2.45, 2.75) is 25.5 Å². The number of rotatable bonds is 5. The SMILES string of the molecule is COc1cc2c3c(c(OS(=O)(=O)C(F)(F)F)nc2c(Cl)c1Cl)CN(C(=O)COC(C)=O)C3. The fourth-order valence-electron chi connectivity index (χ4n) is 2.97. The molecule has 2 heterocycles. The van der Waals surface area contributed by atoms with Crippen molar-refractivity contribution in [2.24, 2.45) is 0 Å². The lowest BCUT2D eigenvalue weighted by Crippen LogP contribution is -2.30. The van der Waals surface area contributed by atoms with Gasteiger partial charge < -0.3 is 18.6 Å². The molecule has 0 saturated heterocycles. The number of methoxy groups -OCH3 is 1. The van der Waals surface area contributed by atoms with Gasteiger partial charge in [-0.2, -0.15) is 21.6 Å². The molecule has 1 amide bonds.